The fraction of sp³-hybridized carbons (Fsp3) is 0.636. The van der Waals surface area contributed by atoms with E-state index >= 15 is 0 Å². The molecule has 4 N–H and O–H groups in total. The van der Waals surface area contributed by atoms with E-state index in [4.69, 9.17) is 5.11 Å². The molecule has 1 aliphatic heterocycles. The van der Waals surface area contributed by atoms with Crippen LogP contribution in [0.5, 0.6) is 0 Å². The van der Waals surface area contributed by atoms with Crippen molar-refractivity contribution in [3.8, 4) is 0 Å². The van der Waals surface area contributed by atoms with Gasteiger partial charge in [0.15, 0.2) is 0 Å². The average Bonchev–Trinajstić information content (AvgIpc) is 2.61. The van der Waals surface area contributed by atoms with E-state index in [2.05, 4.69) is 16.0 Å². The summed E-state index contributed by atoms with van der Waals surface area (Å²) in [6.07, 6.45) is 0.0225. The van der Waals surface area contributed by atoms with Crippen molar-refractivity contribution in [2.24, 2.45) is 5.92 Å². The van der Waals surface area contributed by atoms with E-state index in [0.717, 1.165) is 0 Å². The molecule has 4 amide bonds. The summed E-state index contributed by atoms with van der Waals surface area (Å²) in [7, 11) is 0. The lowest BCUT2D eigenvalue weighted by molar-refractivity contribution is -0.138. The van der Waals surface area contributed by atoms with Crippen molar-refractivity contribution in [3.63, 3.8) is 0 Å². The van der Waals surface area contributed by atoms with Crippen LogP contribution in [0, 0.1) is 5.92 Å². The number of hydrogen-bond donors (Lipinski definition) is 4. The van der Waals surface area contributed by atoms with Gasteiger partial charge in [0.25, 0.3) is 0 Å². The molecule has 8 heteroatoms. The first-order valence-electron chi connectivity index (χ1n) is 5.95. The van der Waals surface area contributed by atoms with Crippen molar-refractivity contribution in [1.82, 2.24) is 16.0 Å². The molecule has 0 spiro atoms. The maximum absolute atomic E-state index is 11.4. The lowest BCUT2D eigenvalue weighted by Gasteiger charge is -2.12. The van der Waals surface area contributed by atoms with E-state index in [1.165, 1.54) is 0 Å². The van der Waals surface area contributed by atoms with Gasteiger partial charge in [-0.1, -0.05) is 6.92 Å². The van der Waals surface area contributed by atoms with Gasteiger partial charge in [-0.3, -0.25) is 19.7 Å². The van der Waals surface area contributed by atoms with Crippen molar-refractivity contribution in [1.29, 1.82) is 0 Å². The lowest BCUT2D eigenvalue weighted by Crippen LogP contribution is -2.45. The van der Waals surface area contributed by atoms with Gasteiger partial charge in [-0.15, -0.1) is 0 Å². The van der Waals surface area contributed by atoms with Crippen molar-refractivity contribution >= 4 is 23.8 Å². The normalized spacial score (nSPS) is 19.4. The van der Waals surface area contributed by atoms with Gasteiger partial charge < -0.3 is 15.7 Å². The van der Waals surface area contributed by atoms with Gasteiger partial charge in [0.05, 0.1) is 6.04 Å². The highest BCUT2D eigenvalue weighted by atomic mass is 16.4. The number of carboxylic acids is 1. The highest BCUT2D eigenvalue weighted by molar-refractivity contribution is 5.95. The first-order chi connectivity index (χ1) is 8.86. The monoisotopic (exact) mass is 271 g/mol. The molecule has 0 bridgehead atoms. The maximum Gasteiger partial charge on any atom is 0.321 e. The maximum atomic E-state index is 11.4. The molecule has 1 heterocycles. The third-order valence-corrected chi connectivity index (χ3v) is 2.62. The number of hydrogen-bond acceptors (Lipinski definition) is 4. The molecule has 0 saturated carbocycles. The standard InChI is InChI=1S/C11H17N3O5/c1-6(3-10(17)18)2-9(16)14-11(19)13-7-4-8(15)12-5-7/h6-7H,2-5H2,1H3,(H,12,15)(H,17,18)(H2,13,14,16,19). The number of carbonyl (C=O) groups excluding carboxylic acids is 3. The number of nitrogens with one attached hydrogen (secondary N) is 3. The van der Waals surface area contributed by atoms with E-state index < -0.39 is 17.9 Å². The molecule has 19 heavy (non-hydrogen) atoms. The zero-order valence-electron chi connectivity index (χ0n) is 10.6. The molecule has 0 aromatic rings. The van der Waals surface area contributed by atoms with Crippen LogP contribution < -0.4 is 16.0 Å². The molecule has 2 unspecified atom stereocenters. The minimum atomic E-state index is -0.986. The van der Waals surface area contributed by atoms with Gasteiger partial charge in [-0.05, 0) is 5.92 Å². The zero-order valence-corrected chi connectivity index (χ0v) is 10.6. The number of imide groups is 1. The largest absolute Gasteiger partial charge is 0.481 e. The highest BCUT2D eigenvalue weighted by Crippen LogP contribution is 2.06. The predicted octanol–water partition coefficient (Wildman–Crippen LogP) is -0.798. The number of amides is 4. The van der Waals surface area contributed by atoms with Crippen molar-refractivity contribution < 1.29 is 24.3 Å². The third-order valence-electron chi connectivity index (χ3n) is 2.62. The van der Waals surface area contributed by atoms with E-state index in [-0.39, 0.29) is 37.1 Å². The van der Waals surface area contributed by atoms with E-state index in [1.807, 2.05) is 0 Å². The number of rotatable bonds is 5. The molecule has 106 valence electrons. The lowest BCUT2D eigenvalue weighted by atomic mass is 10.0. The molecule has 2 atom stereocenters. The van der Waals surface area contributed by atoms with Crippen LogP contribution >= 0.6 is 0 Å². The van der Waals surface area contributed by atoms with Crippen LogP contribution in [0.1, 0.15) is 26.2 Å². The Kier molecular flexibility index (Phi) is 5.28. The first-order valence-corrected chi connectivity index (χ1v) is 5.95. The van der Waals surface area contributed by atoms with Gasteiger partial charge >= 0.3 is 12.0 Å². The summed E-state index contributed by atoms with van der Waals surface area (Å²) in [5.41, 5.74) is 0. The molecular weight excluding hydrogens is 254 g/mol. The quantitative estimate of drug-likeness (QED) is 0.521. The molecule has 1 rings (SSSR count). The van der Waals surface area contributed by atoms with Crippen molar-refractivity contribution in [3.05, 3.63) is 0 Å². The third kappa shape index (κ3) is 5.84. The van der Waals surface area contributed by atoms with Crippen LogP contribution in [0.15, 0.2) is 0 Å². The fourth-order valence-electron chi connectivity index (χ4n) is 1.79. The summed E-state index contributed by atoms with van der Waals surface area (Å²) < 4.78 is 0. The van der Waals surface area contributed by atoms with Crippen LogP contribution in [0.4, 0.5) is 4.79 Å². The Hall–Kier alpha value is -2.12. The van der Waals surface area contributed by atoms with Crippen LogP contribution in [0.3, 0.4) is 0 Å². The van der Waals surface area contributed by atoms with Gasteiger partial charge in [-0.25, -0.2) is 4.79 Å². The smallest absolute Gasteiger partial charge is 0.321 e. The Morgan fingerprint density at radius 2 is 2.11 bits per heavy atom. The molecule has 8 nitrogen and oxygen atoms in total. The number of carbonyl (C=O) groups is 4. The molecule has 0 radical (unpaired) electrons. The second kappa shape index (κ2) is 6.72. The van der Waals surface area contributed by atoms with Crippen LogP contribution in [-0.2, 0) is 14.4 Å². The Bertz CT molecular complexity index is 396. The van der Waals surface area contributed by atoms with Gasteiger partial charge in [-0.2, -0.15) is 0 Å². The molecule has 0 aliphatic carbocycles. The summed E-state index contributed by atoms with van der Waals surface area (Å²) in [6, 6.07) is -0.995. The molecule has 0 aromatic heterocycles. The second-order valence-electron chi connectivity index (χ2n) is 4.63. The Morgan fingerprint density at radius 1 is 1.42 bits per heavy atom. The minimum Gasteiger partial charge on any atom is -0.481 e. The van der Waals surface area contributed by atoms with E-state index in [9.17, 15) is 19.2 Å². The minimum absolute atomic E-state index is 0.0401. The molecule has 1 saturated heterocycles. The van der Waals surface area contributed by atoms with E-state index in [0.29, 0.717) is 6.54 Å². The van der Waals surface area contributed by atoms with Crippen molar-refractivity contribution in [2.75, 3.05) is 6.54 Å². The Morgan fingerprint density at radius 3 is 2.63 bits per heavy atom. The number of aliphatic carboxylic acids is 1. The zero-order chi connectivity index (χ0) is 14.4. The van der Waals surface area contributed by atoms with Crippen molar-refractivity contribution in [2.45, 2.75) is 32.2 Å². The molecular formula is C11H17N3O5. The molecule has 1 aliphatic rings. The van der Waals surface area contributed by atoms with Crippen LogP contribution in [0.25, 0.3) is 0 Å². The molecule has 1 fully saturated rings. The van der Waals surface area contributed by atoms with E-state index in [1.54, 1.807) is 6.92 Å². The summed E-state index contributed by atoms with van der Waals surface area (Å²) in [4.78, 5) is 44.2. The first kappa shape index (κ1) is 14.9. The second-order valence-corrected chi connectivity index (χ2v) is 4.63. The molecule has 0 aromatic carbocycles. The predicted molar refractivity (Wildman–Crippen MR) is 64.1 cm³/mol. The Labute approximate surface area is 109 Å². The summed E-state index contributed by atoms with van der Waals surface area (Å²) in [6.45, 7) is 1.96. The SMILES string of the molecule is CC(CC(=O)O)CC(=O)NC(=O)NC1CNC(=O)C1. The summed E-state index contributed by atoms with van der Waals surface area (Å²) >= 11 is 0. The summed E-state index contributed by atoms with van der Waals surface area (Å²) in [5.74, 6) is -2.02. The Balaban J connectivity index is 2.26. The van der Waals surface area contributed by atoms with Gasteiger partial charge in [0.2, 0.25) is 11.8 Å². The van der Waals surface area contributed by atoms with Gasteiger partial charge in [0, 0.05) is 25.8 Å². The average molecular weight is 271 g/mol. The van der Waals surface area contributed by atoms with Crippen LogP contribution in [0.2, 0.25) is 0 Å². The number of carboxylic acid groups (broad SMARTS) is 1. The fourth-order valence-corrected chi connectivity index (χ4v) is 1.79. The topological polar surface area (TPSA) is 125 Å². The van der Waals surface area contributed by atoms with Crippen LogP contribution in [-0.4, -0.2) is 41.5 Å². The highest BCUT2D eigenvalue weighted by Gasteiger charge is 2.23. The summed E-state index contributed by atoms with van der Waals surface area (Å²) in [5, 5.41) is 15.7. The van der Waals surface area contributed by atoms with Gasteiger partial charge in [0.1, 0.15) is 0 Å². The number of urea groups is 1.